The Hall–Kier alpha value is -1.56. The average Bonchev–Trinajstić information content (AvgIpc) is 2.15. The molecule has 0 saturated carbocycles. The van der Waals surface area contributed by atoms with Crippen LogP contribution < -0.4 is 16.0 Å². The van der Waals surface area contributed by atoms with Crippen molar-refractivity contribution < 1.29 is 5.11 Å². The number of likely N-dealkylation sites (N-methyl/N-ethyl adjacent to an activating group) is 1. The Morgan fingerprint density at radius 1 is 1.60 bits per heavy atom. The summed E-state index contributed by atoms with van der Waals surface area (Å²) >= 11 is 0. The first-order valence-corrected chi connectivity index (χ1v) is 4.74. The average molecular weight is 211 g/mol. The molecule has 0 aliphatic carbocycles. The maximum atomic E-state index is 9.25. The summed E-state index contributed by atoms with van der Waals surface area (Å²) in [5.41, 5.74) is 5.55. The third-order valence-corrected chi connectivity index (χ3v) is 1.92. The number of hydrogen-bond acceptors (Lipinski definition) is 6. The number of nitrogens with zero attached hydrogens (tertiary/aromatic N) is 3. The zero-order chi connectivity index (χ0) is 11.4. The molecule has 15 heavy (non-hydrogen) atoms. The van der Waals surface area contributed by atoms with Crippen LogP contribution in [0.25, 0.3) is 0 Å². The molecule has 1 aromatic heterocycles. The Morgan fingerprint density at radius 2 is 2.27 bits per heavy atom. The maximum absolute atomic E-state index is 9.25. The quantitative estimate of drug-likeness (QED) is 0.645. The van der Waals surface area contributed by atoms with E-state index in [9.17, 15) is 5.11 Å². The minimum absolute atomic E-state index is 0.217. The van der Waals surface area contributed by atoms with Gasteiger partial charge in [-0.2, -0.15) is 9.97 Å². The number of nitrogen functional groups attached to an aromatic ring is 1. The minimum Gasteiger partial charge on any atom is -0.392 e. The van der Waals surface area contributed by atoms with E-state index in [1.165, 1.54) is 0 Å². The van der Waals surface area contributed by atoms with E-state index in [4.69, 9.17) is 5.73 Å². The summed E-state index contributed by atoms with van der Waals surface area (Å²) in [6.45, 7) is 2.22. The van der Waals surface area contributed by atoms with E-state index in [1.807, 2.05) is 11.9 Å². The smallest absolute Gasteiger partial charge is 0.223 e. The summed E-state index contributed by atoms with van der Waals surface area (Å²) in [4.78, 5) is 9.88. The lowest BCUT2D eigenvalue weighted by Gasteiger charge is -2.20. The molecular formula is C9H17N5O. The molecule has 0 saturated heterocycles. The first-order valence-electron chi connectivity index (χ1n) is 4.74. The predicted octanol–water partition coefficient (Wildman–Crippen LogP) is -0.0825. The van der Waals surface area contributed by atoms with Crippen molar-refractivity contribution >= 4 is 17.6 Å². The van der Waals surface area contributed by atoms with Crippen molar-refractivity contribution in [1.82, 2.24) is 9.97 Å². The van der Waals surface area contributed by atoms with Gasteiger partial charge >= 0.3 is 0 Å². The first kappa shape index (κ1) is 11.5. The lowest BCUT2D eigenvalue weighted by molar-refractivity contribution is 0.201. The predicted molar refractivity (Wildman–Crippen MR) is 60.9 cm³/mol. The lowest BCUT2D eigenvalue weighted by atomic mass is 10.3. The number of aliphatic hydroxyl groups is 1. The van der Waals surface area contributed by atoms with E-state index in [0.717, 1.165) is 0 Å². The highest BCUT2D eigenvalue weighted by atomic mass is 16.3. The third-order valence-electron chi connectivity index (χ3n) is 1.92. The molecule has 1 rings (SSSR count). The SMILES string of the molecule is CNc1cc(N(C)CC(C)O)nc(N)n1. The normalized spacial score (nSPS) is 12.3. The summed E-state index contributed by atoms with van der Waals surface area (Å²) in [6, 6.07) is 1.78. The van der Waals surface area contributed by atoms with Crippen molar-refractivity contribution in [3.05, 3.63) is 6.07 Å². The van der Waals surface area contributed by atoms with Gasteiger partial charge in [-0.1, -0.05) is 0 Å². The first-order chi connectivity index (χ1) is 7.02. The number of hydrogen-bond donors (Lipinski definition) is 3. The second-order valence-electron chi connectivity index (χ2n) is 3.45. The van der Waals surface area contributed by atoms with Crippen LogP contribution in [0.15, 0.2) is 6.07 Å². The van der Waals surface area contributed by atoms with Gasteiger partial charge in [0.1, 0.15) is 11.6 Å². The molecule has 0 aliphatic rings. The Balaban J connectivity index is 2.88. The molecule has 0 amide bonds. The van der Waals surface area contributed by atoms with Gasteiger partial charge in [-0.05, 0) is 6.92 Å². The van der Waals surface area contributed by atoms with Gasteiger partial charge in [0.25, 0.3) is 0 Å². The van der Waals surface area contributed by atoms with Gasteiger partial charge in [0.2, 0.25) is 5.95 Å². The molecular weight excluding hydrogens is 194 g/mol. The number of anilines is 3. The zero-order valence-corrected chi connectivity index (χ0v) is 9.23. The highest BCUT2D eigenvalue weighted by molar-refractivity contribution is 5.51. The van der Waals surface area contributed by atoms with Crippen LogP contribution >= 0.6 is 0 Å². The molecule has 1 unspecified atom stereocenters. The minimum atomic E-state index is -0.413. The molecule has 1 atom stereocenters. The molecule has 6 heteroatoms. The third kappa shape index (κ3) is 3.25. The van der Waals surface area contributed by atoms with E-state index >= 15 is 0 Å². The van der Waals surface area contributed by atoms with Crippen LogP contribution in [0, 0.1) is 0 Å². The second-order valence-corrected chi connectivity index (χ2v) is 3.45. The van der Waals surface area contributed by atoms with Crippen LogP contribution in [0.4, 0.5) is 17.6 Å². The molecule has 1 aromatic rings. The van der Waals surface area contributed by atoms with E-state index in [2.05, 4.69) is 15.3 Å². The molecule has 0 fully saturated rings. The Kier molecular flexibility index (Phi) is 3.68. The van der Waals surface area contributed by atoms with Crippen LogP contribution in [0.2, 0.25) is 0 Å². The summed E-state index contributed by atoms with van der Waals surface area (Å²) in [5.74, 6) is 1.57. The van der Waals surface area contributed by atoms with Gasteiger partial charge in [0, 0.05) is 26.7 Å². The largest absolute Gasteiger partial charge is 0.392 e. The maximum Gasteiger partial charge on any atom is 0.223 e. The topological polar surface area (TPSA) is 87.3 Å². The molecule has 1 heterocycles. The Labute approximate surface area is 89.1 Å². The number of nitrogens with two attached hydrogens (primary N) is 1. The van der Waals surface area contributed by atoms with Gasteiger partial charge in [-0.25, -0.2) is 0 Å². The number of rotatable bonds is 4. The number of nitrogens with one attached hydrogen (secondary N) is 1. The molecule has 0 aliphatic heterocycles. The monoisotopic (exact) mass is 211 g/mol. The van der Waals surface area contributed by atoms with Crippen molar-refractivity contribution in [3.8, 4) is 0 Å². The van der Waals surface area contributed by atoms with Crippen molar-refractivity contribution in [2.45, 2.75) is 13.0 Å². The summed E-state index contributed by atoms with van der Waals surface area (Å²) in [5, 5.41) is 12.1. The Bertz CT molecular complexity index is 328. The molecule has 0 radical (unpaired) electrons. The fourth-order valence-electron chi connectivity index (χ4n) is 1.27. The fraction of sp³-hybridized carbons (Fsp3) is 0.556. The zero-order valence-electron chi connectivity index (χ0n) is 9.23. The summed E-state index contributed by atoms with van der Waals surface area (Å²) < 4.78 is 0. The van der Waals surface area contributed by atoms with E-state index in [0.29, 0.717) is 18.2 Å². The van der Waals surface area contributed by atoms with Crippen LogP contribution in [0.3, 0.4) is 0 Å². The van der Waals surface area contributed by atoms with Crippen molar-refractivity contribution in [3.63, 3.8) is 0 Å². The highest BCUT2D eigenvalue weighted by Gasteiger charge is 2.08. The van der Waals surface area contributed by atoms with Crippen LogP contribution in [-0.4, -0.2) is 41.8 Å². The van der Waals surface area contributed by atoms with Gasteiger partial charge in [0.05, 0.1) is 6.10 Å². The van der Waals surface area contributed by atoms with Gasteiger partial charge in [-0.3, -0.25) is 0 Å². The van der Waals surface area contributed by atoms with E-state index in [1.54, 1.807) is 20.0 Å². The molecule has 84 valence electrons. The van der Waals surface area contributed by atoms with Gasteiger partial charge in [-0.15, -0.1) is 0 Å². The molecule has 0 aromatic carbocycles. The lowest BCUT2D eigenvalue weighted by Crippen LogP contribution is -2.28. The molecule has 4 N–H and O–H groups in total. The van der Waals surface area contributed by atoms with Crippen molar-refractivity contribution in [2.24, 2.45) is 0 Å². The van der Waals surface area contributed by atoms with Gasteiger partial charge < -0.3 is 21.1 Å². The number of aromatic nitrogens is 2. The van der Waals surface area contributed by atoms with Crippen LogP contribution in [0.5, 0.6) is 0 Å². The summed E-state index contributed by atoms with van der Waals surface area (Å²) in [7, 11) is 3.61. The molecule has 0 bridgehead atoms. The number of aliphatic hydroxyl groups excluding tert-OH is 1. The standard InChI is InChI=1S/C9H17N5O/c1-6(15)5-14(3)8-4-7(11-2)12-9(10)13-8/h4,6,15H,5H2,1-3H3,(H3,10,11,12,13). The van der Waals surface area contributed by atoms with E-state index < -0.39 is 6.10 Å². The Morgan fingerprint density at radius 3 is 2.80 bits per heavy atom. The summed E-state index contributed by atoms with van der Waals surface area (Å²) in [6.07, 6.45) is -0.413. The van der Waals surface area contributed by atoms with Crippen molar-refractivity contribution in [1.29, 1.82) is 0 Å². The van der Waals surface area contributed by atoms with Crippen LogP contribution in [-0.2, 0) is 0 Å². The molecule has 6 nitrogen and oxygen atoms in total. The fourth-order valence-corrected chi connectivity index (χ4v) is 1.27. The highest BCUT2D eigenvalue weighted by Crippen LogP contribution is 2.15. The van der Waals surface area contributed by atoms with Crippen LogP contribution in [0.1, 0.15) is 6.92 Å². The molecule has 0 spiro atoms. The van der Waals surface area contributed by atoms with Crippen molar-refractivity contribution in [2.75, 3.05) is 36.6 Å². The van der Waals surface area contributed by atoms with Gasteiger partial charge in [0.15, 0.2) is 0 Å². The van der Waals surface area contributed by atoms with E-state index in [-0.39, 0.29) is 5.95 Å². The second kappa shape index (κ2) is 4.79.